The summed E-state index contributed by atoms with van der Waals surface area (Å²) < 4.78 is 10.4. The molecule has 0 aromatic carbocycles. The van der Waals surface area contributed by atoms with Gasteiger partial charge in [-0.25, -0.2) is 0 Å². The third kappa shape index (κ3) is 6.53. The van der Waals surface area contributed by atoms with Crippen LogP contribution in [0.5, 0.6) is 0 Å². The maximum atomic E-state index is 5.25. The van der Waals surface area contributed by atoms with Gasteiger partial charge in [0.2, 0.25) is 0 Å². The molecule has 20 heavy (non-hydrogen) atoms. The molecule has 1 rings (SSSR count). The number of nitrogens with one attached hydrogen (secondary N) is 1. The SMILES string of the molecule is COCCCN(CCOC)CC(C)(C)C1CCCNC1. The van der Waals surface area contributed by atoms with E-state index in [9.17, 15) is 0 Å². The Kier molecular flexibility index (Phi) is 8.69. The molecule has 1 saturated heterocycles. The van der Waals surface area contributed by atoms with Crippen LogP contribution in [0.4, 0.5) is 0 Å². The predicted octanol–water partition coefficient (Wildman–Crippen LogP) is 2.00. The fourth-order valence-electron chi connectivity index (χ4n) is 3.15. The lowest BCUT2D eigenvalue weighted by atomic mass is 9.74. The lowest BCUT2D eigenvalue weighted by Crippen LogP contribution is -2.45. The number of methoxy groups -OCH3 is 2. The quantitative estimate of drug-likeness (QED) is 0.623. The minimum absolute atomic E-state index is 0.355. The minimum Gasteiger partial charge on any atom is -0.385 e. The Morgan fingerprint density at radius 2 is 1.90 bits per heavy atom. The second-order valence-electron chi connectivity index (χ2n) is 6.65. The van der Waals surface area contributed by atoms with E-state index in [1.165, 1.54) is 25.9 Å². The Bertz CT molecular complexity index is 241. The monoisotopic (exact) mass is 286 g/mol. The molecule has 0 aromatic rings. The van der Waals surface area contributed by atoms with Crippen molar-refractivity contribution < 1.29 is 9.47 Å². The molecule has 0 radical (unpaired) electrons. The van der Waals surface area contributed by atoms with Crippen LogP contribution in [0.3, 0.4) is 0 Å². The summed E-state index contributed by atoms with van der Waals surface area (Å²) in [4.78, 5) is 2.54. The topological polar surface area (TPSA) is 33.7 Å². The zero-order valence-corrected chi connectivity index (χ0v) is 13.9. The molecule has 0 bridgehead atoms. The predicted molar refractivity (Wildman–Crippen MR) is 84.2 cm³/mol. The summed E-state index contributed by atoms with van der Waals surface area (Å²) in [6, 6.07) is 0. The molecule has 1 aliphatic rings. The minimum atomic E-state index is 0.355. The highest BCUT2D eigenvalue weighted by atomic mass is 16.5. The third-order valence-electron chi connectivity index (χ3n) is 4.47. The Labute approximate surface area is 125 Å². The van der Waals surface area contributed by atoms with E-state index < -0.39 is 0 Å². The molecule has 0 amide bonds. The second-order valence-corrected chi connectivity index (χ2v) is 6.65. The van der Waals surface area contributed by atoms with Gasteiger partial charge in [-0.05, 0) is 43.7 Å². The first-order valence-electron chi connectivity index (χ1n) is 8.01. The summed E-state index contributed by atoms with van der Waals surface area (Å²) in [5, 5.41) is 3.55. The van der Waals surface area contributed by atoms with Crippen molar-refractivity contribution in [2.75, 3.05) is 60.2 Å². The van der Waals surface area contributed by atoms with E-state index in [0.29, 0.717) is 5.41 Å². The van der Waals surface area contributed by atoms with Crippen molar-refractivity contribution in [1.82, 2.24) is 10.2 Å². The van der Waals surface area contributed by atoms with Crippen LogP contribution in [0, 0.1) is 11.3 Å². The van der Waals surface area contributed by atoms with Crippen LogP contribution in [0.1, 0.15) is 33.1 Å². The van der Waals surface area contributed by atoms with Gasteiger partial charge in [-0.3, -0.25) is 0 Å². The first-order chi connectivity index (χ1) is 9.60. The van der Waals surface area contributed by atoms with Gasteiger partial charge in [-0.15, -0.1) is 0 Å². The molecule has 1 fully saturated rings. The molecule has 0 spiro atoms. The van der Waals surface area contributed by atoms with Crippen molar-refractivity contribution in [3.8, 4) is 0 Å². The van der Waals surface area contributed by atoms with Crippen molar-refractivity contribution in [3.05, 3.63) is 0 Å². The van der Waals surface area contributed by atoms with Gasteiger partial charge in [0.1, 0.15) is 0 Å². The number of nitrogens with zero attached hydrogens (tertiary/aromatic N) is 1. The fourth-order valence-corrected chi connectivity index (χ4v) is 3.15. The highest BCUT2D eigenvalue weighted by Crippen LogP contribution is 2.32. The average molecular weight is 286 g/mol. The van der Waals surface area contributed by atoms with Crippen LogP contribution in [0.15, 0.2) is 0 Å². The van der Waals surface area contributed by atoms with E-state index in [2.05, 4.69) is 24.1 Å². The van der Waals surface area contributed by atoms with Gasteiger partial charge in [0, 0.05) is 40.5 Å². The molecule has 0 aromatic heterocycles. The van der Waals surface area contributed by atoms with Gasteiger partial charge in [0.15, 0.2) is 0 Å². The van der Waals surface area contributed by atoms with Gasteiger partial charge in [0.05, 0.1) is 6.61 Å². The number of ether oxygens (including phenoxy) is 2. The number of rotatable bonds is 10. The number of hydrogen-bond donors (Lipinski definition) is 1. The molecular formula is C16H34N2O2. The molecule has 1 unspecified atom stereocenters. The molecule has 120 valence electrons. The molecular weight excluding hydrogens is 252 g/mol. The van der Waals surface area contributed by atoms with Gasteiger partial charge < -0.3 is 19.7 Å². The summed E-state index contributed by atoms with van der Waals surface area (Å²) in [6.45, 7) is 12.1. The Hall–Kier alpha value is -0.160. The zero-order valence-electron chi connectivity index (χ0n) is 13.9. The Morgan fingerprint density at radius 1 is 1.15 bits per heavy atom. The van der Waals surface area contributed by atoms with E-state index in [0.717, 1.165) is 45.2 Å². The lowest BCUT2D eigenvalue weighted by molar-refractivity contribution is 0.0718. The van der Waals surface area contributed by atoms with Crippen molar-refractivity contribution in [2.45, 2.75) is 33.1 Å². The van der Waals surface area contributed by atoms with Crippen LogP contribution >= 0.6 is 0 Å². The summed E-state index contributed by atoms with van der Waals surface area (Å²) in [6.07, 6.45) is 3.77. The van der Waals surface area contributed by atoms with Crippen molar-refractivity contribution in [1.29, 1.82) is 0 Å². The molecule has 0 aliphatic carbocycles. The highest BCUT2D eigenvalue weighted by molar-refractivity contribution is 4.85. The molecule has 1 atom stereocenters. The van der Waals surface area contributed by atoms with Gasteiger partial charge in [-0.2, -0.15) is 0 Å². The molecule has 1 N–H and O–H groups in total. The number of hydrogen-bond acceptors (Lipinski definition) is 4. The molecule has 1 heterocycles. The van der Waals surface area contributed by atoms with Crippen molar-refractivity contribution in [2.24, 2.45) is 11.3 Å². The van der Waals surface area contributed by atoms with Crippen molar-refractivity contribution >= 4 is 0 Å². The third-order valence-corrected chi connectivity index (χ3v) is 4.47. The highest BCUT2D eigenvalue weighted by Gasteiger charge is 2.32. The maximum absolute atomic E-state index is 5.25. The van der Waals surface area contributed by atoms with Crippen molar-refractivity contribution in [3.63, 3.8) is 0 Å². The first-order valence-corrected chi connectivity index (χ1v) is 8.01. The van der Waals surface area contributed by atoms with E-state index >= 15 is 0 Å². The normalized spacial score (nSPS) is 20.6. The van der Waals surface area contributed by atoms with Crippen LogP contribution < -0.4 is 5.32 Å². The maximum Gasteiger partial charge on any atom is 0.0589 e. The molecule has 4 heteroatoms. The van der Waals surface area contributed by atoms with E-state index in [1.54, 1.807) is 14.2 Å². The average Bonchev–Trinajstić information content (AvgIpc) is 2.45. The van der Waals surface area contributed by atoms with Crippen LogP contribution in [-0.4, -0.2) is 65.1 Å². The summed E-state index contributed by atoms with van der Waals surface area (Å²) >= 11 is 0. The summed E-state index contributed by atoms with van der Waals surface area (Å²) in [5.41, 5.74) is 0.355. The standard InChI is InChI=1S/C16H34N2O2/c1-16(2,15-7-5-8-17-13-15)14-18(10-12-20-4)9-6-11-19-3/h15,17H,5-14H2,1-4H3. The Morgan fingerprint density at radius 3 is 2.50 bits per heavy atom. The van der Waals surface area contributed by atoms with E-state index in [-0.39, 0.29) is 0 Å². The smallest absolute Gasteiger partial charge is 0.0589 e. The van der Waals surface area contributed by atoms with Gasteiger partial charge in [0.25, 0.3) is 0 Å². The van der Waals surface area contributed by atoms with E-state index in [4.69, 9.17) is 9.47 Å². The van der Waals surface area contributed by atoms with E-state index in [1.807, 2.05) is 0 Å². The summed E-state index contributed by atoms with van der Waals surface area (Å²) in [7, 11) is 3.56. The van der Waals surface area contributed by atoms with Crippen LogP contribution in [0.25, 0.3) is 0 Å². The summed E-state index contributed by atoms with van der Waals surface area (Å²) in [5.74, 6) is 0.781. The molecule has 4 nitrogen and oxygen atoms in total. The molecule has 0 saturated carbocycles. The molecule has 1 aliphatic heterocycles. The van der Waals surface area contributed by atoms with Crippen LogP contribution in [-0.2, 0) is 9.47 Å². The van der Waals surface area contributed by atoms with Gasteiger partial charge in [-0.1, -0.05) is 13.8 Å². The first kappa shape index (κ1) is 17.9. The van der Waals surface area contributed by atoms with Gasteiger partial charge >= 0.3 is 0 Å². The van der Waals surface area contributed by atoms with Crippen LogP contribution in [0.2, 0.25) is 0 Å². The zero-order chi connectivity index (χ0) is 14.8. The number of piperidine rings is 1. The Balaban J connectivity index is 2.46. The fraction of sp³-hybridized carbons (Fsp3) is 1.00. The largest absolute Gasteiger partial charge is 0.385 e. The second kappa shape index (κ2) is 9.72. The lowest BCUT2D eigenvalue weighted by Gasteiger charge is -2.41.